The van der Waals surface area contributed by atoms with Gasteiger partial charge in [-0.15, -0.1) is 0 Å². The van der Waals surface area contributed by atoms with Gasteiger partial charge in [0.25, 0.3) is 0 Å². The number of nitrogens with zero attached hydrogens (tertiary/aromatic N) is 1. The van der Waals surface area contributed by atoms with Crippen LogP contribution in [0.15, 0.2) is 30.3 Å². The van der Waals surface area contributed by atoms with Crippen LogP contribution < -0.4 is 11.1 Å². The normalized spacial score (nSPS) is 19.1. The van der Waals surface area contributed by atoms with Gasteiger partial charge < -0.3 is 11.1 Å². The zero-order valence-corrected chi connectivity index (χ0v) is 11.5. The molecule has 1 fully saturated rings. The van der Waals surface area contributed by atoms with E-state index >= 15 is 0 Å². The van der Waals surface area contributed by atoms with Gasteiger partial charge in [-0.1, -0.05) is 30.3 Å². The third-order valence-corrected chi connectivity index (χ3v) is 3.78. The van der Waals surface area contributed by atoms with Crippen molar-refractivity contribution in [2.75, 3.05) is 19.6 Å². The first-order chi connectivity index (χ1) is 9.18. The topological polar surface area (TPSA) is 58.4 Å². The van der Waals surface area contributed by atoms with E-state index in [-0.39, 0.29) is 5.91 Å². The van der Waals surface area contributed by atoms with E-state index in [1.54, 1.807) is 0 Å². The van der Waals surface area contributed by atoms with Crippen molar-refractivity contribution in [1.29, 1.82) is 0 Å². The number of rotatable bonds is 5. The Morgan fingerprint density at radius 2 is 1.95 bits per heavy atom. The molecule has 3 N–H and O–H groups in total. The summed E-state index contributed by atoms with van der Waals surface area (Å²) in [4.78, 5) is 14.4. The molecule has 0 bridgehead atoms. The van der Waals surface area contributed by atoms with Gasteiger partial charge in [0.1, 0.15) is 6.04 Å². The summed E-state index contributed by atoms with van der Waals surface area (Å²) < 4.78 is 0. The maximum atomic E-state index is 12.0. The van der Waals surface area contributed by atoms with Crippen LogP contribution in [0.5, 0.6) is 0 Å². The van der Waals surface area contributed by atoms with Crippen LogP contribution in [-0.4, -0.2) is 36.5 Å². The fourth-order valence-corrected chi connectivity index (χ4v) is 2.48. The highest BCUT2D eigenvalue weighted by molar-refractivity contribution is 5.82. The summed E-state index contributed by atoms with van der Waals surface area (Å²) >= 11 is 0. The van der Waals surface area contributed by atoms with Gasteiger partial charge in [-0.05, 0) is 38.4 Å². The average molecular weight is 261 g/mol. The molecule has 0 aromatic heterocycles. The van der Waals surface area contributed by atoms with E-state index in [2.05, 4.69) is 17.1 Å². The number of benzene rings is 1. The highest BCUT2D eigenvalue weighted by Gasteiger charge is 2.20. The van der Waals surface area contributed by atoms with Gasteiger partial charge in [-0.3, -0.25) is 9.69 Å². The van der Waals surface area contributed by atoms with E-state index in [9.17, 15) is 4.79 Å². The Balaban J connectivity index is 1.80. The molecule has 1 aliphatic rings. The lowest BCUT2D eigenvalue weighted by Crippen LogP contribution is -2.43. The number of carbonyl (C=O) groups excluding carboxylic acids is 1. The molecular formula is C15H23N3O. The number of amides is 1. The SMILES string of the molecule is CC(CNC(=O)[C@@H](N)c1ccccc1)N1CCCC1. The van der Waals surface area contributed by atoms with Gasteiger partial charge in [0.05, 0.1) is 0 Å². The number of hydrogen-bond donors (Lipinski definition) is 2. The number of nitrogens with one attached hydrogen (secondary N) is 1. The molecule has 19 heavy (non-hydrogen) atoms. The van der Waals surface area contributed by atoms with Crippen molar-refractivity contribution in [2.24, 2.45) is 5.73 Å². The standard InChI is InChI=1S/C15H23N3O/c1-12(18-9-5-6-10-18)11-17-15(19)14(16)13-7-3-2-4-8-13/h2-4,7-8,12,14H,5-6,9-11,16H2,1H3,(H,17,19)/t12?,14-/m0/s1. The summed E-state index contributed by atoms with van der Waals surface area (Å²) in [6, 6.07) is 9.29. The van der Waals surface area contributed by atoms with Crippen LogP contribution in [0.25, 0.3) is 0 Å². The molecule has 104 valence electrons. The van der Waals surface area contributed by atoms with Crippen molar-refractivity contribution < 1.29 is 4.79 Å². The zero-order chi connectivity index (χ0) is 13.7. The summed E-state index contributed by atoms with van der Waals surface area (Å²) in [5, 5.41) is 2.95. The van der Waals surface area contributed by atoms with Crippen molar-refractivity contribution in [3.8, 4) is 0 Å². The predicted molar refractivity (Wildman–Crippen MR) is 76.6 cm³/mol. The molecule has 0 spiro atoms. The van der Waals surface area contributed by atoms with E-state index < -0.39 is 6.04 Å². The molecular weight excluding hydrogens is 238 g/mol. The molecule has 1 heterocycles. The van der Waals surface area contributed by atoms with Gasteiger partial charge >= 0.3 is 0 Å². The molecule has 2 rings (SSSR count). The second-order valence-electron chi connectivity index (χ2n) is 5.23. The van der Waals surface area contributed by atoms with Crippen molar-refractivity contribution in [3.05, 3.63) is 35.9 Å². The fraction of sp³-hybridized carbons (Fsp3) is 0.533. The Morgan fingerprint density at radius 1 is 1.32 bits per heavy atom. The lowest BCUT2D eigenvalue weighted by molar-refractivity contribution is -0.122. The molecule has 0 radical (unpaired) electrons. The third-order valence-electron chi connectivity index (χ3n) is 3.78. The quantitative estimate of drug-likeness (QED) is 0.839. The largest absolute Gasteiger partial charge is 0.353 e. The summed E-state index contributed by atoms with van der Waals surface area (Å²) in [5.74, 6) is -0.0998. The lowest BCUT2D eigenvalue weighted by atomic mass is 10.1. The summed E-state index contributed by atoms with van der Waals surface area (Å²) in [6.45, 7) is 5.10. The van der Waals surface area contributed by atoms with E-state index in [0.29, 0.717) is 12.6 Å². The van der Waals surface area contributed by atoms with Crippen LogP contribution in [-0.2, 0) is 4.79 Å². The first-order valence-electron chi connectivity index (χ1n) is 7.01. The summed E-state index contributed by atoms with van der Waals surface area (Å²) in [5.41, 5.74) is 6.81. The van der Waals surface area contributed by atoms with Crippen molar-refractivity contribution in [1.82, 2.24) is 10.2 Å². The van der Waals surface area contributed by atoms with Crippen LogP contribution in [0.2, 0.25) is 0 Å². The summed E-state index contributed by atoms with van der Waals surface area (Å²) in [6.07, 6.45) is 2.53. The lowest BCUT2D eigenvalue weighted by Gasteiger charge is -2.24. The molecule has 0 saturated carbocycles. The second-order valence-corrected chi connectivity index (χ2v) is 5.23. The van der Waals surface area contributed by atoms with Crippen molar-refractivity contribution in [2.45, 2.75) is 31.8 Å². The van der Waals surface area contributed by atoms with Gasteiger partial charge in [0.2, 0.25) is 5.91 Å². The van der Waals surface area contributed by atoms with Crippen LogP contribution in [0.4, 0.5) is 0 Å². The minimum atomic E-state index is -0.577. The summed E-state index contributed by atoms with van der Waals surface area (Å²) in [7, 11) is 0. The first kappa shape index (κ1) is 14.0. The Bertz CT molecular complexity index is 401. The van der Waals surface area contributed by atoms with Gasteiger partial charge in [0, 0.05) is 12.6 Å². The van der Waals surface area contributed by atoms with Crippen LogP contribution >= 0.6 is 0 Å². The predicted octanol–water partition coefficient (Wildman–Crippen LogP) is 1.29. The number of carbonyl (C=O) groups is 1. The van der Waals surface area contributed by atoms with Gasteiger partial charge in [0.15, 0.2) is 0 Å². The Labute approximate surface area is 115 Å². The van der Waals surface area contributed by atoms with E-state index in [1.807, 2.05) is 30.3 Å². The van der Waals surface area contributed by atoms with E-state index in [1.165, 1.54) is 12.8 Å². The highest BCUT2D eigenvalue weighted by Crippen LogP contribution is 2.12. The van der Waals surface area contributed by atoms with Crippen molar-refractivity contribution >= 4 is 5.91 Å². The molecule has 1 aliphatic heterocycles. The third kappa shape index (κ3) is 3.78. The van der Waals surface area contributed by atoms with Crippen molar-refractivity contribution in [3.63, 3.8) is 0 Å². The fourth-order valence-electron chi connectivity index (χ4n) is 2.48. The van der Waals surface area contributed by atoms with E-state index in [4.69, 9.17) is 5.73 Å². The molecule has 4 nitrogen and oxygen atoms in total. The monoisotopic (exact) mass is 261 g/mol. The van der Waals surface area contributed by atoms with Gasteiger partial charge in [-0.2, -0.15) is 0 Å². The maximum Gasteiger partial charge on any atom is 0.241 e. The van der Waals surface area contributed by atoms with E-state index in [0.717, 1.165) is 18.7 Å². The van der Waals surface area contributed by atoms with Crippen LogP contribution in [0.3, 0.4) is 0 Å². The molecule has 1 aromatic carbocycles. The Kier molecular flexibility index (Phi) is 4.93. The van der Waals surface area contributed by atoms with Crippen LogP contribution in [0.1, 0.15) is 31.4 Å². The zero-order valence-electron chi connectivity index (χ0n) is 11.5. The highest BCUT2D eigenvalue weighted by atomic mass is 16.2. The minimum Gasteiger partial charge on any atom is -0.353 e. The molecule has 1 amide bonds. The molecule has 0 aliphatic carbocycles. The first-order valence-corrected chi connectivity index (χ1v) is 7.01. The Hall–Kier alpha value is -1.39. The molecule has 1 aromatic rings. The number of hydrogen-bond acceptors (Lipinski definition) is 3. The maximum absolute atomic E-state index is 12.0. The second kappa shape index (κ2) is 6.68. The minimum absolute atomic E-state index is 0.0998. The Morgan fingerprint density at radius 3 is 2.58 bits per heavy atom. The molecule has 4 heteroatoms. The molecule has 1 unspecified atom stereocenters. The number of likely N-dealkylation sites (tertiary alicyclic amines) is 1. The smallest absolute Gasteiger partial charge is 0.241 e. The molecule has 1 saturated heterocycles. The van der Waals surface area contributed by atoms with Gasteiger partial charge in [-0.25, -0.2) is 0 Å². The molecule has 2 atom stereocenters. The average Bonchev–Trinajstić information content (AvgIpc) is 2.98. The van der Waals surface area contributed by atoms with Crippen LogP contribution in [0, 0.1) is 0 Å². The number of nitrogens with two attached hydrogens (primary N) is 1.